The van der Waals surface area contributed by atoms with Gasteiger partial charge in [0, 0.05) is 16.6 Å². The van der Waals surface area contributed by atoms with Gasteiger partial charge in [0.15, 0.2) is 0 Å². The number of halogens is 3. The molecule has 0 saturated heterocycles. The molecule has 25 heavy (non-hydrogen) atoms. The van der Waals surface area contributed by atoms with Crippen LogP contribution in [-0.4, -0.2) is 13.0 Å². The molecule has 0 saturated carbocycles. The van der Waals surface area contributed by atoms with Crippen LogP contribution in [0.5, 0.6) is 5.75 Å². The Kier molecular flexibility index (Phi) is 4.39. The van der Waals surface area contributed by atoms with E-state index in [1.807, 2.05) is 0 Å². The van der Waals surface area contributed by atoms with Crippen molar-refractivity contribution >= 4 is 22.6 Å². The van der Waals surface area contributed by atoms with E-state index in [4.69, 9.17) is 9.15 Å². The topological polar surface area (TPSA) is 51.5 Å². The van der Waals surface area contributed by atoms with E-state index < -0.39 is 17.6 Å². The second-order valence-corrected chi connectivity index (χ2v) is 5.43. The highest BCUT2D eigenvalue weighted by Crippen LogP contribution is 2.31. The molecule has 0 spiro atoms. The fraction of sp³-hybridized carbons (Fsp3) is 0.167. The molecule has 0 aliphatic carbocycles. The molecule has 4 nitrogen and oxygen atoms in total. The highest BCUT2D eigenvalue weighted by atomic mass is 19.4. The molecule has 0 aliphatic rings. The van der Waals surface area contributed by atoms with Crippen LogP contribution in [0.3, 0.4) is 0 Å². The van der Waals surface area contributed by atoms with Crippen LogP contribution < -0.4 is 10.1 Å². The maximum atomic E-state index is 12.7. The first-order chi connectivity index (χ1) is 11.9. The van der Waals surface area contributed by atoms with Gasteiger partial charge in [-0.1, -0.05) is 6.07 Å². The molecule has 3 aromatic rings. The van der Waals surface area contributed by atoms with Gasteiger partial charge in [0.25, 0.3) is 0 Å². The van der Waals surface area contributed by atoms with E-state index in [0.717, 1.165) is 17.5 Å². The third-order valence-corrected chi connectivity index (χ3v) is 3.69. The van der Waals surface area contributed by atoms with Crippen LogP contribution in [0.2, 0.25) is 0 Å². The Morgan fingerprint density at radius 2 is 2.00 bits per heavy atom. The average Bonchev–Trinajstić information content (AvgIpc) is 2.96. The highest BCUT2D eigenvalue weighted by molar-refractivity contribution is 5.95. The van der Waals surface area contributed by atoms with Crippen LogP contribution in [0.4, 0.5) is 18.9 Å². The van der Waals surface area contributed by atoms with Crippen molar-refractivity contribution < 1.29 is 27.1 Å². The first-order valence-corrected chi connectivity index (χ1v) is 7.38. The van der Waals surface area contributed by atoms with E-state index in [2.05, 4.69) is 5.32 Å². The number of carbonyl (C=O) groups excluding carboxylic acids is 1. The highest BCUT2D eigenvalue weighted by Gasteiger charge is 2.30. The largest absolute Gasteiger partial charge is 0.497 e. The minimum atomic E-state index is -4.46. The van der Waals surface area contributed by atoms with Crippen molar-refractivity contribution in [2.45, 2.75) is 12.6 Å². The number of methoxy groups -OCH3 is 1. The summed E-state index contributed by atoms with van der Waals surface area (Å²) < 4.78 is 48.7. The number of ether oxygens (including phenoxy) is 1. The maximum absolute atomic E-state index is 12.7. The molecule has 7 heteroatoms. The summed E-state index contributed by atoms with van der Waals surface area (Å²) in [4.78, 5) is 12.2. The zero-order valence-electron chi connectivity index (χ0n) is 13.2. The normalized spacial score (nSPS) is 11.5. The van der Waals surface area contributed by atoms with Crippen LogP contribution in [0.1, 0.15) is 11.1 Å². The summed E-state index contributed by atoms with van der Waals surface area (Å²) in [5.74, 6) is 0.179. The van der Waals surface area contributed by atoms with Gasteiger partial charge in [-0.15, -0.1) is 0 Å². The Balaban J connectivity index is 1.77. The lowest BCUT2D eigenvalue weighted by molar-refractivity contribution is -0.137. The predicted molar refractivity (Wildman–Crippen MR) is 86.5 cm³/mol. The summed E-state index contributed by atoms with van der Waals surface area (Å²) >= 11 is 0. The summed E-state index contributed by atoms with van der Waals surface area (Å²) in [5.41, 5.74) is 0.495. The van der Waals surface area contributed by atoms with Crippen LogP contribution in [-0.2, 0) is 17.4 Å². The molecule has 1 N–H and O–H groups in total. The molecule has 3 rings (SSSR count). The lowest BCUT2D eigenvalue weighted by atomic mass is 10.1. The lowest BCUT2D eigenvalue weighted by Gasteiger charge is -2.09. The smallest absolute Gasteiger partial charge is 0.416 e. The molecule has 1 aromatic heterocycles. The summed E-state index contributed by atoms with van der Waals surface area (Å²) in [7, 11) is 1.53. The lowest BCUT2D eigenvalue weighted by Crippen LogP contribution is -2.15. The first kappa shape index (κ1) is 16.9. The van der Waals surface area contributed by atoms with E-state index in [9.17, 15) is 18.0 Å². The van der Waals surface area contributed by atoms with Crippen LogP contribution in [0, 0.1) is 0 Å². The molecule has 0 fully saturated rings. The van der Waals surface area contributed by atoms with Crippen molar-refractivity contribution in [1.29, 1.82) is 0 Å². The van der Waals surface area contributed by atoms with Gasteiger partial charge in [0.05, 0.1) is 25.4 Å². The van der Waals surface area contributed by atoms with Crippen molar-refractivity contribution in [2.75, 3.05) is 12.4 Å². The molecular weight excluding hydrogens is 335 g/mol. The van der Waals surface area contributed by atoms with Crippen LogP contribution in [0.15, 0.2) is 53.1 Å². The third-order valence-electron chi connectivity index (χ3n) is 3.69. The number of amides is 1. The molecular formula is C18H14F3NO3. The van der Waals surface area contributed by atoms with Gasteiger partial charge in [-0.2, -0.15) is 13.2 Å². The van der Waals surface area contributed by atoms with E-state index in [1.165, 1.54) is 25.5 Å². The molecule has 130 valence electrons. The van der Waals surface area contributed by atoms with E-state index >= 15 is 0 Å². The number of furan rings is 1. The van der Waals surface area contributed by atoms with Gasteiger partial charge < -0.3 is 14.5 Å². The average molecular weight is 349 g/mol. The first-order valence-electron chi connectivity index (χ1n) is 7.38. The van der Waals surface area contributed by atoms with Gasteiger partial charge in [-0.05, 0) is 36.4 Å². The van der Waals surface area contributed by atoms with Gasteiger partial charge >= 0.3 is 6.18 Å². The van der Waals surface area contributed by atoms with E-state index in [-0.39, 0.29) is 12.1 Å². The number of nitrogens with one attached hydrogen (secondary N) is 1. The molecule has 1 heterocycles. The fourth-order valence-electron chi connectivity index (χ4n) is 2.48. The third kappa shape index (κ3) is 3.76. The molecule has 0 bridgehead atoms. The molecule has 0 unspecified atom stereocenters. The Bertz CT molecular complexity index is 915. The summed E-state index contributed by atoms with van der Waals surface area (Å²) in [6.07, 6.45) is -3.04. The number of fused-ring (bicyclic) bond motifs is 1. The van der Waals surface area contributed by atoms with Crippen molar-refractivity contribution in [3.8, 4) is 5.75 Å². The minimum Gasteiger partial charge on any atom is -0.497 e. The summed E-state index contributed by atoms with van der Waals surface area (Å²) in [6, 6.07) is 9.70. The second-order valence-electron chi connectivity index (χ2n) is 5.43. The Hall–Kier alpha value is -2.96. The Morgan fingerprint density at radius 1 is 1.20 bits per heavy atom. The second kappa shape index (κ2) is 6.51. The SMILES string of the molecule is COc1ccc2occ(CC(=O)Nc3cccc(C(F)(F)F)c3)c2c1. The molecule has 0 radical (unpaired) electrons. The number of anilines is 1. The number of benzene rings is 2. The Labute approximate surface area is 141 Å². The van der Waals surface area contributed by atoms with Crippen LogP contribution in [0.25, 0.3) is 11.0 Å². The summed E-state index contributed by atoms with van der Waals surface area (Å²) in [6.45, 7) is 0. The zero-order valence-corrected chi connectivity index (χ0v) is 13.2. The predicted octanol–water partition coefficient (Wildman–Crippen LogP) is 4.64. The van der Waals surface area contributed by atoms with Crippen molar-refractivity contribution in [3.63, 3.8) is 0 Å². The number of hydrogen-bond donors (Lipinski definition) is 1. The van der Waals surface area contributed by atoms with Crippen molar-refractivity contribution in [1.82, 2.24) is 0 Å². The number of alkyl halides is 3. The number of carbonyl (C=O) groups is 1. The van der Waals surface area contributed by atoms with Crippen molar-refractivity contribution in [2.24, 2.45) is 0 Å². The van der Waals surface area contributed by atoms with Gasteiger partial charge in [0.2, 0.25) is 5.91 Å². The molecule has 2 aromatic carbocycles. The maximum Gasteiger partial charge on any atom is 0.416 e. The minimum absolute atomic E-state index is 0.0313. The van der Waals surface area contributed by atoms with Gasteiger partial charge in [0.1, 0.15) is 11.3 Å². The van der Waals surface area contributed by atoms with E-state index in [0.29, 0.717) is 16.9 Å². The van der Waals surface area contributed by atoms with E-state index in [1.54, 1.807) is 18.2 Å². The Morgan fingerprint density at radius 3 is 2.72 bits per heavy atom. The molecule has 0 atom stereocenters. The van der Waals surface area contributed by atoms with Crippen molar-refractivity contribution in [3.05, 3.63) is 59.9 Å². The molecule has 0 aliphatic heterocycles. The fourth-order valence-corrected chi connectivity index (χ4v) is 2.48. The van der Waals surface area contributed by atoms with Gasteiger partial charge in [-0.25, -0.2) is 0 Å². The summed E-state index contributed by atoms with van der Waals surface area (Å²) in [5, 5.41) is 3.20. The standard InChI is InChI=1S/C18H14F3NO3/c1-24-14-5-6-16-15(9-14)11(10-25-16)7-17(23)22-13-4-2-3-12(8-13)18(19,20)21/h2-6,8-10H,7H2,1H3,(H,22,23). The zero-order chi connectivity index (χ0) is 18.0. The van der Waals surface area contributed by atoms with Gasteiger partial charge in [-0.3, -0.25) is 4.79 Å². The van der Waals surface area contributed by atoms with Crippen LogP contribution >= 0.6 is 0 Å². The number of rotatable bonds is 4. The monoisotopic (exact) mass is 349 g/mol. The quantitative estimate of drug-likeness (QED) is 0.746. The molecule has 1 amide bonds. The number of hydrogen-bond acceptors (Lipinski definition) is 3.